The number of aliphatic carboxylic acids is 1. The minimum Gasteiger partial charge on any atom is -0.504 e. The number of hydrogen-bond acceptors (Lipinski definition) is 22. The summed E-state index contributed by atoms with van der Waals surface area (Å²) in [4.78, 5) is 40.0. The molecule has 1 saturated carbocycles. The third-order valence-corrected chi connectivity index (χ3v) is 9.77. The number of phenols is 6. The topological polar surface area (TPSA) is 401 Å². The fraction of sp³-hybridized carbons (Fsp3) is 0.545. The van der Waals surface area contributed by atoms with Crippen LogP contribution < -0.4 is 0 Å². The van der Waals surface area contributed by atoms with Gasteiger partial charge in [-0.2, -0.15) is 0 Å². The van der Waals surface area contributed by atoms with Gasteiger partial charge >= 0.3 is 11.9 Å². The normalized spacial score (nSPS) is 36.1. The highest BCUT2D eigenvalue weighted by molar-refractivity contribution is 6.00. The first-order chi connectivity index (χ1) is 26.2. The highest BCUT2D eigenvalue weighted by Crippen LogP contribution is 2.43. The van der Waals surface area contributed by atoms with Gasteiger partial charge in [0.1, 0.15) is 61.0 Å². The van der Waals surface area contributed by atoms with Gasteiger partial charge in [-0.25, -0.2) is 9.59 Å². The predicted octanol–water partition coefficient (Wildman–Crippen LogP) is -4.44. The van der Waals surface area contributed by atoms with Crippen LogP contribution in [0.5, 0.6) is 34.5 Å². The lowest BCUT2D eigenvalue weighted by atomic mass is 9.71. The zero-order chi connectivity index (χ0) is 41.5. The smallest absolute Gasteiger partial charge is 0.338 e. The molecule has 0 bridgehead atoms. The molecule has 2 aromatic rings. The minimum absolute atomic E-state index is 0.627. The van der Waals surface area contributed by atoms with Crippen molar-refractivity contribution in [2.45, 2.75) is 92.1 Å². The van der Waals surface area contributed by atoms with Crippen LogP contribution in [-0.4, -0.2) is 187 Å². The Hall–Kier alpha value is -4.63. The maximum atomic E-state index is 14.2. The number of aliphatic hydroxyl groups excluding tert-OH is 7. The fourth-order valence-corrected chi connectivity index (χ4v) is 6.67. The molecule has 2 heterocycles. The number of phenolic OH excluding ortho intramolecular Hbond substituents is 6. The Morgan fingerprint density at radius 3 is 1.61 bits per heavy atom. The second-order valence-electron chi connectivity index (χ2n) is 13.5. The van der Waals surface area contributed by atoms with Gasteiger partial charge in [-0.15, -0.1) is 0 Å². The maximum Gasteiger partial charge on any atom is 0.338 e. The van der Waals surface area contributed by atoms with Crippen LogP contribution in [0.25, 0.3) is 0 Å². The van der Waals surface area contributed by atoms with Gasteiger partial charge in [-0.05, 0) is 30.7 Å². The Bertz CT molecular complexity index is 1740. The van der Waals surface area contributed by atoms with Crippen LogP contribution in [0, 0.1) is 5.92 Å². The summed E-state index contributed by atoms with van der Waals surface area (Å²) in [5.41, 5.74) is -4.24. The number of ether oxygens (including phenoxy) is 5. The van der Waals surface area contributed by atoms with E-state index in [9.17, 15) is 91.0 Å². The average molecular weight is 805 g/mol. The number of ketones is 1. The molecular weight excluding hydrogens is 764 g/mol. The molecule has 23 nitrogen and oxygen atoms in total. The highest BCUT2D eigenvalue weighted by Gasteiger charge is 2.57. The highest BCUT2D eigenvalue weighted by atomic mass is 16.8. The van der Waals surface area contributed by atoms with Crippen molar-refractivity contribution in [2.24, 2.45) is 5.92 Å². The predicted molar refractivity (Wildman–Crippen MR) is 173 cm³/mol. The first-order valence-electron chi connectivity index (χ1n) is 16.7. The molecule has 23 heteroatoms. The molecule has 2 saturated heterocycles. The molecule has 2 aromatic carbocycles. The third-order valence-electron chi connectivity index (χ3n) is 9.77. The Morgan fingerprint density at radius 1 is 0.643 bits per heavy atom. The van der Waals surface area contributed by atoms with Gasteiger partial charge < -0.3 is 100 Å². The Kier molecular flexibility index (Phi) is 12.5. The number of carbonyl (C=O) groups is 3. The molecule has 1 aliphatic carbocycles. The van der Waals surface area contributed by atoms with E-state index in [1.54, 1.807) is 0 Å². The lowest BCUT2D eigenvalue weighted by Gasteiger charge is -2.48. The minimum atomic E-state index is -2.94. The van der Waals surface area contributed by atoms with Crippen LogP contribution in [0.15, 0.2) is 24.3 Å². The number of carbonyl (C=O) groups excluding carboxylic acids is 2. The molecule has 14 atom stereocenters. The van der Waals surface area contributed by atoms with Gasteiger partial charge in [-0.3, -0.25) is 4.79 Å². The van der Waals surface area contributed by atoms with Crippen molar-refractivity contribution in [1.29, 1.82) is 0 Å². The summed E-state index contributed by atoms with van der Waals surface area (Å²) >= 11 is 0. The summed E-state index contributed by atoms with van der Waals surface area (Å²) in [7, 11) is 0. The van der Waals surface area contributed by atoms with E-state index in [0.717, 1.165) is 0 Å². The molecule has 0 radical (unpaired) electrons. The summed E-state index contributed by atoms with van der Waals surface area (Å²) in [5.74, 6) is -12.9. The van der Waals surface area contributed by atoms with Crippen molar-refractivity contribution >= 4 is 17.7 Å². The number of aliphatic hydroxyl groups is 8. The molecule has 310 valence electrons. The summed E-state index contributed by atoms with van der Waals surface area (Å²) in [6.45, 7) is -1.94. The number of esters is 1. The zero-order valence-corrected chi connectivity index (χ0v) is 28.6. The molecule has 5 rings (SSSR count). The van der Waals surface area contributed by atoms with Crippen LogP contribution >= 0.6 is 0 Å². The zero-order valence-electron chi connectivity index (χ0n) is 28.6. The molecule has 0 unspecified atom stereocenters. The molecule has 3 aliphatic rings. The van der Waals surface area contributed by atoms with E-state index in [-0.39, 0.29) is 0 Å². The van der Waals surface area contributed by atoms with Crippen molar-refractivity contribution in [1.82, 2.24) is 0 Å². The summed E-state index contributed by atoms with van der Waals surface area (Å²) in [5, 5.41) is 154. The molecule has 0 spiro atoms. The van der Waals surface area contributed by atoms with Crippen LogP contribution in [0.4, 0.5) is 0 Å². The average Bonchev–Trinajstić information content (AvgIpc) is 3.15. The first kappa shape index (κ1) is 42.5. The number of benzene rings is 2. The van der Waals surface area contributed by atoms with E-state index < -0.39 is 175 Å². The van der Waals surface area contributed by atoms with Gasteiger partial charge in [0, 0.05) is 12.0 Å². The molecule has 0 aromatic heterocycles. The van der Waals surface area contributed by atoms with Gasteiger partial charge in [0.2, 0.25) is 0 Å². The number of hydrogen-bond donors (Lipinski definition) is 15. The van der Waals surface area contributed by atoms with Gasteiger partial charge in [0.15, 0.2) is 58.5 Å². The van der Waals surface area contributed by atoms with E-state index in [1.807, 2.05) is 0 Å². The van der Waals surface area contributed by atoms with Crippen molar-refractivity contribution in [3.8, 4) is 34.5 Å². The van der Waals surface area contributed by atoms with Crippen LogP contribution in [-0.2, 0) is 28.5 Å². The van der Waals surface area contributed by atoms with Crippen molar-refractivity contribution in [3.05, 3.63) is 35.4 Å². The SMILES string of the molecule is O=C(O[C@@H]1C[C@@](O)(C(=O)O)C[C@H](C(=O)c2cc(O)c(O)c(O)c2)[C@@H]1O[C@H]1O[C@@H](CO)[C@H](O)[C@@H](O)[C@@H]1O[C@@H]1O[C@@H](CO)[C@H](O)[C@H](O)[C@@H]1O)c1cc(O)c(O)c(O)c1. The lowest BCUT2D eigenvalue weighted by molar-refractivity contribution is -0.376. The first-order valence-corrected chi connectivity index (χ1v) is 16.7. The molecule has 15 N–H and O–H groups in total. The van der Waals surface area contributed by atoms with Gasteiger partial charge in [0.25, 0.3) is 0 Å². The Morgan fingerprint density at radius 2 is 1.11 bits per heavy atom. The van der Waals surface area contributed by atoms with Crippen LogP contribution in [0.2, 0.25) is 0 Å². The van der Waals surface area contributed by atoms with E-state index in [1.165, 1.54) is 0 Å². The monoisotopic (exact) mass is 804 g/mol. The quantitative estimate of drug-likeness (QED) is 0.0579. The van der Waals surface area contributed by atoms with E-state index >= 15 is 0 Å². The Balaban J connectivity index is 1.61. The number of carboxylic acids is 1. The lowest BCUT2D eigenvalue weighted by Crippen LogP contribution is -2.66. The second kappa shape index (κ2) is 16.5. The van der Waals surface area contributed by atoms with Crippen LogP contribution in [0.1, 0.15) is 33.6 Å². The fourth-order valence-electron chi connectivity index (χ4n) is 6.67. The summed E-state index contributed by atoms with van der Waals surface area (Å²) in [6.07, 6.45) is -26.0. The van der Waals surface area contributed by atoms with Gasteiger partial charge in [-0.1, -0.05) is 0 Å². The van der Waals surface area contributed by atoms with Crippen molar-refractivity contribution < 1.29 is 115 Å². The standard InChI is InChI=1S/C33H40O23/c34-7-17-22(43)24(45)26(47)30(53-17)56-28-25(46)23(44)18(8-35)54-31(28)55-27-11(19(40)9-1-12(36)20(41)13(37)2-9)5-33(51,32(49)50)6-16(27)52-29(48)10-3-14(38)21(42)15(39)4-10/h1-4,11,16-18,22-28,30-31,34-39,41-47,51H,5-8H2,(H,49,50)/t11-,16-,17+,18+,22+,23+,24+,25-,26+,27+,28+,30+,31-,33-/m1/s1. The molecular formula is C33H40O23. The molecule has 2 aliphatic heterocycles. The van der Waals surface area contributed by atoms with Crippen LogP contribution in [0.3, 0.4) is 0 Å². The van der Waals surface area contributed by atoms with E-state index in [0.29, 0.717) is 24.3 Å². The maximum absolute atomic E-state index is 14.2. The Labute approximate surface area is 313 Å². The molecule has 3 fully saturated rings. The summed E-state index contributed by atoms with van der Waals surface area (Å²) < 4.78 is 28.1. The third kappa shape index (κ3) is 8.11. The number of carboxylic acid groups (broad SMARTS) is 1. The second-order valence-corrected chi connectivity index (χ2v) is 13.5. The molecule has 56 heavy (non-hydrogen) atoms. The molecule has 0 amide bonds. The van der Waals surface area contributed by atoms with Gasteiger partial charge in [0.05, 0.1) is 24.7 Å². The van der Waals surface area contributed by atoms with Crippen molar-refractivity contribution in [3.63, 3.8) is 0 Å². The van der Waals surface area contributed by atoms with E-state index in [2.05, 4.69) is 0 Å². The largest absolute Gasteiger partial charge is 0.504 e. The van der Waals surface area contributed by atoms with E-state index in [4.69, 9.17) is 23.7 Å². The summed E-state index contributed by atoms with van der Waals surface area (Å²) in [6, 6.07) is 2.55. The van der Waals surface area contributed by atoms with Crippen molar-refractivity contribution in [2.75, 3.05) is 13.2 Å². The number of rotatable bonds is 11. The number of Topliss-reactive ketones (excluding diaryl/α,β-unsaturated/α-hetero) is 1. The number of aromatic hydroxyl groups is 6.